The number of hydrogen-bond acceptors (Lipinski definition) is 3. The van der Waals surface area contributed by atoms with Crippen LogP contribution in [0.1, 0.15) is 43.2 Å². The first kappa shape index (κ1) is 12.6. The molecule has 0 unspecified atom stereocenters. The van der Waals surface area contributed by atoms with Crippen LogP contribution in [0.2, 0.25) is 0 Å². The quantitative estimate of drug-likeness (QED) is 0.591. The van der Waals surface area contributed by atoms with Crippen molar-refractivity contribution in [2.75, 3.05) is 0 Å². The summed E-state index contributed by atoms with van der Waals surface area (Å²) in [6.45, 7) is 1.84. The van der Waals surface area contributed by atoms with Gasteiger partial charge in [-0.1, -0.05) is 19.3 Å². The van der Waals surface area contributed by atoms with Gasteiger partial charge in [0, 0.05) is 0 Å². The zero-order chi connectivity index (χ0) is 13.0. The average Bonchev–Trinajstić information content (AvgIpc) is 2.40. The molecule has 3 nitrogen and oxygen atoms in total. The van der Waals surface area contributed by atoms with Crippen molar-refractivity contribution < 1.29 is 9.53 Å². The summed E-state index contributed by atoms with van der Waals surface area (Å²) in [6, 6.07) is 7.23. The number of hydrogen-bond donors (Lipinski definition) is 0. The SMILES string of the molecule is Cc1cc(OC(=O)C2CCCCC2)ccc1C#N. The van der Waals surface area contributed by atoms with Crippen LogP contribution in [0.5, 0.6) is 5.75 Å². The fraction of sp³-hybridized carbons (Fsp3) is 0.467. The van der Waals surface area contributed by atoms with Gasteiger partial charge in [-0.05, 0) is 43.5 Å². The van der Waals surface area contributed by atoms with Crippen LogP contribution >= 0.6 is 0 Å². The zero-order valence-corrected chi connectivity index (χ0v) is 10.6. The van der Waals surface area contributed by atoms with E-state index in [-0.39, 0.29) is 11.9 Å². The highest BCUT2D eigenvalue weighted by molar-refractivity contribution is 5.75. The lowest BCUT2D eigenvalue weighted by atomic mass is 9.89. The third kappa shape index (κ3) is 2.89. The molecule has 0 N–H and O–H groups in total. The number of nitriles is 1. The molecule has 1 aromatic rings. The van der Waals surface area contributed by atoms with E-state index in [9.17, 15) is 4.79 Å². The van der Waals surface area contributed by atoms with Crippen molar-refractivity contribution >= 4 is 5.97 Å². The Bertz CT molecular complexity index is 482. The Labute approximate surface area is 107 Å². The van der Waals surface area contributed by atoms with Crippen molar-refractivity contribution in [3.05, 3.63) is 29.3 Å². The van der Waals surface area contributed by atoms with Crippen LogP contribution in [0.25, 0.3) is 0 Å². The molecule has 0 radical (unpaired) electrons. The Morgan fingerprint density at radius 1 is 1.33 bits per heavy atom. The number of carbonyl (C=O) groups is 1. The molecule has 0 atom stereocenters. The van der Waals surface area contributed by atoms with Crippen molar-refractivity contribution in [2.24, 2.45) is 5.92 Å². The highest BCUT2D eigenvalue weighted by Gasteiger charge is 2.22. The molecular formula is C15H17NO2. The Balaban J connectivity index is 2.02. The lowest BCUT2D eigenvalue weighted by molar-refractivity contribution is -0.139. The van der Waals surface area contributed by atoms with Gasteiger partial charge < -0.3 is 4.74 Å². The first-order valence-electron chi connectivity index (χ1n) is 6.43. The second-order valence-electron chi connectivity index (χ2n) is 4.84. The Hall–Kier alpha value is -1.82. The molecule has 1 aromatic carbocycles. The molecular weight excluding hydrogens is 226 g/mol. The van der Waals surface area contributed by atoms with E-state index >= 15 is 0 Å². The summed E-state index contributed by atoms with van der Waals surface area (Å²) in [5.41, 5.74) is 1.46. The summed E-state index contributed by atoms with van der Waals surface area (Å²) in [5.74, 6) is 0.468. The minimum Gasteiger partial charge on any atom is -0.426 e. The average molecular weight is 243 g/mol. The number of rotatable bonds is 2. The number of nitrogens with zero attached hydrogens (tertiary/aromatic N) is 1. The molecule has 0 heterocycles. The van der Waals surface area contributed by atoms with Gasteiger partial charge in [0.15, 0.2) is 0 Å². The molecule has 1 aliphatic rings. The first-order chi connectivity index (χ1) is 8.70. The predicted molar refractivity (Wildman–Crippen MR) is 68.1 cm³/mol. The molecule has 0 spiro atoms. The normalized spacial score (nSPS) is 16.0. The van der Waals surface area contributed by atoms with E-state index in [2.05, 4.69) is 6.07 Å². The van der Waals surface area contributed by atoms with Crippen molar-refractivity contribution in [2.45, 2.75) is 39.0 Å². The molecule has 94 valence electrons. The van der Waals surface area contributed by atoms with Crippen LogP contribution < -0.4 is 4.74 Å². The molecule has 1 saturated carbocycles. The smallest absolute Gasteiger partial charge is 0.314 e. The highest BCUT2D eigenvalue weighted by atomic mass is 16.5. The second kappa shape index (κ2) is 5.68. The number of esters is 1. The second-order valence-corrected chi connectivity index (χ2v) is 4.84. The van der Waals surface area contributed by atoms with E-state index in [1.54, 1.807) is 18.2 Å². The van der Waals surface area contributed by atoms with E-state index in [1.165, 1.54) is 6.42 Å². The summed E-state index contributed by atoms with van der Waals surface area (Å²) in [7, 11) is 0. The Morgan fingerprint density at radius 2 is 2.06 bits per heavy atom. The zero-order valence-electron chi connectivity index (χ0n) is 10.6. The molecule has 0 aromatic heterocycles. The van der Waals surface area contributed by atoms with Gasteiger partial charge in [-0.2, -0.15) is 5.26 Å². The van der Waals surface area contributed by atoms with Crippen molar-refractivity contribution in [3.63, 3.8) is 0 Å². The summed E-state index contributed by atoms with van der Waals surface area (Å²) in [6.07, 6.45) is 5.33. The molecule has 0 saturated heterocycles. The van der Waals surface area contributed by atoms with Gasteiger partial charge in [-0.25, -0.2) is 0 Å². The number of aryl methyl sites for hydroxylation is 1. The molecule has 1 fully saturated rings. The number of carbonyl (C=O) groups excluding carboxylic acids is 1. The molecule has 0 bridgehead atoms. The van der Waals surface area contributed by atoms with E-state index < -0.39 is 0 Å². The van der Waals surface area contributed by atoms with Crippen molar-refractivity contribution in [3.8, 4) is 11.8 Å². The molecule has 3 heteroatoms. The van der Waals surface area contributed by atoms with Crippen LogP contribution in [0.3, 0.4) is 0 Å². The lowest BCUT2D eigenvalue weighted by Gasteiger charge is -2.19. The van der Waals surface area contributed by atoms with Crippen LogP contribution in [0.4, 0.5) is 0 Å². The molecule has 0 amide bonds. The third-order valence-corrected chi connectivity index (χ3v) is 3.48. The van der Waals surface area contributed by atoms with Gasteiger partial charge in [0.1, 0.15) is 5.75 Å². The van der Waals surface area contributed by atoms with Crippen molar-refractivity contribution in [1.82, 2.24) is 0 Å². The standard InChI is InChI=1S/C15H17NO2/c1-11-9-14(8-7-13(11)10-16)18-15(17)12-5-3-2-4-6-12/h7-9,12H,2-6H2,1H3. The van der Waals surface area contributed by atoms with Gasteiger partial charge in [0.05, 0.1) is 17.6 Å². The molecule has 2 rings (SSSR count). The molecule has 0 aliphatic heterocycles. The maximum Gasteiger partial charge on any atom is 0.314 e. The minimum absolute atomic E-state index is 0.0506. The molecule has 1 aliphatic carbocycles. The highest BCUT2D eigenvalue weighted by Crippen LogP contribution is 2.26. The summed E-state index contributed by atoms with van der Waals surface area (Å²) in [5, 5.41) is 8.84. The largest absolute Gasteiger partial charge is 0.426 e. The number of benzene rings is 1. The predicted octanol–water partition coefficient (Wildman–Crippen LogP) is 3.35. The minimum atomic E-state index is -0.126. The van der Waals surface area contributed by atoms with Crippen LogP contribution in [0, 0.1) is 24.2 Å². The third-order valence-electron chi connectivity index (χ3n) is 3.48. The Morgan fingerprint density at radius 3 is 2.67 bits per heavy atom. The monoisotopic (exact) mass is 243 g/mol. The van der Waals surface area contributed by atoms with Gasteiger partial charge >= 0.3 is 5.97 Å². The topological polar surface area (TPSA) is 50.1 Å². The summed E-state index contributed by atoms with van der Waals surface area (Å²) >= 11 is 0. The van der Waals surface area contributed by atoms with Crippen LogP contribution in [-0.2, 0) is 4.79 Å². The van der Waals surface area contributed by atoms with Gasteiger partial charge in [-0.3, -0.25) is 4.79 Å². The lowest BCUT2D eigenvalue weighted by Crippen LogP contribution is -2.22. The Kier molecular flexibility index (Phi) is 3.99. The fourth-order valence-electron chi connectivity index (χ4n) is 2.36. The van der Waals surface area contributed by atoms with Gasteiger partial charge in [-0.15, -0.1) is 0 Å². The maximum atomic E-state index is 11.9. The van der Waals surface area contributed by atoms with E-state index in [4.69, 9.17) is 10.00 Å². The maximum absolute atomic E-state index is 11.9. The van der Waals surface area contributed by atoms with Gasteiger partial charge in [0.25, 0.3) is 0 Å². The fourth-order valence-corrected chi connectivity index (χ4v) is 2.36. The summed E-state index contributed by atoms with van der Waals surface area (Å²) in [4.78, 5) is 11.9. The summed E-state index contributed by atoms with van der Waals surface area (Å²) < 4.78 is 5.39. The van der Waals surface area contributed by atoms with Crippen LogP contribution in [0.15, 0.2) is 18.2 Å². The van der Waals surface area contributed by atoms with Crippen LogP contribution in [-0.4, -0.2) is 5.97 Å². The number of ether oxygens (including phenoxy) is 1. The van der Waals surface area contributed by atoms with E-state index in [1.807, 2.05) is 6.92 Å². The first-order valence-corrected chi connectivity index (χ1v) is 6.43. The van der Waals surface area contributed by atoms with Gasteiger partial charge in [0.2, 0.25) is 0 Å². The molecule has 18 heavy (non-hydrogen) atoms. The van der Waals surface area contributed by atoms with Crippen molar-refractivity contribution in [1.29, 1.82) is 5.26 Å². The van der Waals surface area contributed by atoms with E-state index in [0.717, 1.165) is 31.2 Å². The van der Waals surface area contributed by atoms with E-state index in [0.29, 0.717) is 11.3 Å².